The number of nitrogen functional groups attached to an aromatic ring is 1. The largest absolute Gasteiger partial charge is 0.394 e. The normalized spacial score (nSPS) is 17.6. The molecule has 16 heavy (non-hydrogen) atoms. The van der Waals surface area contributed by atoms with Crippen LogP contribution in [0.5, 0.6) is 0 Å². The molecular weight excluding hydrogens is 200 g/mol. The summed E-state index contributed by atoms with van der Waals surface area (Å²) < 4.78 is 1.80. The SMILES string of the molecule is CCN(c1nn(C)cc1N)C1CCCCC1. The van der Waals surface area contributed by atoms with Gasteiger partial charge in [0.25, 0.3) is 0 Å². The van der Waals surface area contributed by atoms with Gasteiger partial charge in [0.05, 0.1) is 5.69 Å². The van der Waals surface area contributed by atoms with E-state index in [2.05, 4.69) is 16.9 Å². The van der Waals surface area contributed by atoms with Gasteiger partial charge in [0.1, 0.15) is 0 Å². The highest BCUT2D eigenvalue weighted by molar-refractivity contribution is 5.62. The molecular formula is C12H22N4. The smallest absolute Gasteiger partial charge is 0.174 e. The van der Waals surface area contributed by atoms with Crippen LogP contribution in [0.4, 0.5) is 11.5 Å². The quantitative estimate of drug-likeness (QED) is 0.852. The molecule has 1 aromatic heterocycles. The molecule has 1 aromatic rings. The third kappa shape index (κ3) is 2.15. The van der Waals surface area contributed by atoms with E-state index in [9.17, 15) is 0 Å². The summed E-state index contributed by atoms with van der Waals surface area (Å²) in [6.07, 6.45) is 8.52. The fraction of sp³-hybridized carbons (Fsp3) is 0.750. The molecule has 0 spiro atoms. The molecule has 4 heteroatoms. The summed E-state index contributed by atoms with van der Waals surface area (Å²) in [6.45, 7) is 3.18. The first kappa shape index (κ1) is 11.3. The van der Waals surface area contributed by atoms with Crippen molar-refractivity contribution in [2.24, 2.45) is 7.05 Å². The molecule has 1 aliphatic carbocycles. The van der Waals surface area contributed by atoms with Crippen molar-refractivity contribution in [1.29, 1.82) is 0 Å². The zero-order valence-electron chi connectivity index (χ0n) is 10.3. The summed E-state index contributed by atoms with van der Waals surface area (Å²) in [5.74, 6) is 0.969. The van der Waals surface area contributed by atoms with Crippen LogP contribution in [0.25, 0.3) is 0 Å². The number of nitrogens with two attached hydrogens (primary N) is 1. The highest BCUT2D eigenvalue weighted by atomic mass is 15.4. The predicted octanol–water partition coefficient (Wildman–Crippen LogP) is 2.16. The van der Waals surface area contributed by atoms with E-state index in [4.69, 9.17) is 5.73 Å². The van der Waals surface area contributed by atoms with Gasteiger partial charge in [0.2, 0.25) is 0 Å². The van der Waals surface area contributed by atoms with E-state index >= 15 is 0 Å². The van der Waals surface area contributed by atoms with Crippen molar-refractivity contribution in [1.82, 2.24) is 9.78 Å². The number of aromatic nitrogens is 2. The van der Waals surface area contributed by atoms with E-state index in [0.29, 0.717) is 6.04 Å². The van der Waals surface area contributed by atoms with E-state index in [-0.39, 0.29) is 0 Å². The van der Waals surface area contributed by atoms with Gasteiger partial charge in [0, 0.05) is 25.8 Å². The maximum Gasteiger partial charge on any atom is 0.174 e. The molecule has 2 N–H and O–H groups in total. The van der Waals surface area contributed by atoms with Crippen LogP contribution in [0, 0.1) is 0 Å². The molecule has 0 saturated heterocycles. The maximum absolute atomic E-state index is 6.00. The lowest BCUT2D eigenvalue weighted by molar-refractivity contribution is 0.416. The lowest BCUT2D eigenvalue weighted by atomic mass is 9.94. The Balaban J connectivity index is 2.17. The van der Waals surface area contributed by atoms with E-state index < -0.39 is 0 Å². The van der Waals surface area contributed by atoms with Crippen molar-refractivity contribution in [2.45, 2.75) is 45.1 Å². The monoisotopic (exact) mass is 222 g/mol. The van der Waals surface area contributed by atoms with Crippen molar-refractivity contribution >= 4 is 11.5 Å². The number of anilines is 2. The zero-order chi connectivity index (χ0) is 11.5. The lowest BCUT2D eigenvalue weighted by Gasteiger charge is -2.34. The van der Waals surface area contributed by atoms with Gasteiger partial charge < -0.3 is 10.6 Å². The fourth-order valence-corrected chi connectivity index (χ4v) is 2.69. The summed E-state index contributed by atoms with van der Waals surface area (Å²) in [5, 5.41) is 4.47. The Hall–Kier alpha value is -1.19. The Morgan fingerprint density at radius 2 is 2.12 bits per heavy atom. The third-order valence-corrected chi connectivity index (χ3v) is 3.46. The van der Waals surface area contributed by atoms with E-state index in [1.807, 2.05) is 13.2 Å². The minimum atomic E-state index is 0.635. The Labute approximate surface area is 97.4 Å². The first-order valence-corrected chi connectivity index (χ1v) is 6.28. The fourth-order valence-electron chi connectivity index (χ4n) is 2.69. The van der Waals surface area contributed by atoms with Crippen molar-refractivity contribution < 1.29 is 0 Å². The van der Waals surface area contributed by atoms with Gasteiger partial charge in [-0.25, -0.2) is 0 Å². The molecule has 0 aromatic carbocycles. The molecule has 0 unspecified atom stereocenters. The second-order valence-electron chi connectivity index (χ2n) is 4.66. The standard InChI is InChI=1S/C12H22N4/c1-3-16(10-7-5-4-6-8-10)12-11(13)9-15(2)14-12/h9-10H,3-8,13H2,1-2H3. The predicted molar refractivity (Wildman–Crippen MR) is 67.5 cm³/mol. The van der Waals surface area contributed by atoms with Crippen LogP contribution < -0.4 is 10.6 Å². The first-order chi connectivity index (χ1) is 7.72. The Kier molecular flexibility index (Phi) is 3.36. The first-order valence-electron chi connectivity index (χ1n) is 6.28. The molecule has 1 aliphatic rings. The third-order valence-electron chi connectivity index (χ3n) is 3.46. The molecule has 1 fully saturated rings. The van der Waals surface area contributed by atoms with Gasteiger partial charge >= 0.3 is 0 Å². The second kappa shape index (κ2) is 4.76. The summed E-state index contributed by atoms with van der Waals surface area (Å²) in [4.78, 5) is 2.37. The van der Waals surface area contributed by atoms with Crippen LogP contribution in [0.15, 0.2) is 6.20 Å². The van der Waals surface area contributed by atoms with Crippen molar-refractivity contribution in [2.75, 3.05) is 17.2 Å². The van der Waals surface area contributed by atoms with Gasteiger partial charge in [-0.2, -0.15) is 5.10 Å². The highest BCUT2D eigenvalue weighted by Crippen LogP contribution is 2.29. The molecule has 4 nitrogen and oxygen atoms in total. The molecule has 0 bridgehead atoms. The minimum Gasteiger partial charge on any atom is -0.394 e. The molecule has 2 rings (SSSR count). The van der Waals surface area contributed by atoms with Crippen LogP contribution in [-0.2, 0) is 7.05 Å². The average molecular weight is 222 g/mol. The van der Waals surface area contributed by atoms with E-state index in [1.165, 1.54) is 32.1 Å². The molecule has 0 aliphatic heterocycles. The van der Waals surface area contributed by atoms with Crippen LogP contribution >= 0.6 is 0 Å². The minimum absolute atomic E-state index is 0.635. The van der Waals surface area contributed by atoms with E-state index in [0.717, 1.165) is 18.1 Å². The van der Waals surface area contributed by atoms with Crippen molar-refractivity contribution in [3.63, 3.8) is 0 Å². The van der Waals surface area contributed by atoms with Crippen molar-refractivity contribution in [3.8, 4) is 0 Å². The number of hydrogen-bond donors (Lipinski definition) is 1. The average Bonchev–Trinajstić information content (AvgIpc) is 2.61. The number of hydrogen-bond acceptors (Lipinski definition) is 3. The topological polar surface area (TPSA) is 47.1 Å². The molecule has 1 saturated carbocycles. The molecule has 90 valence electrons. The Morgan fingerprint density at radius 3 is 2.62 bits per heavy atom. The van der Waals surface area contributed by atoms with Crippen LogP contribution in [-0.4, -0.2) is 22.4 Å². The summed E-state index contributed by atoms with van der Waals surface area (Å²) >= 11 is 0. The van der Waals surface area contributed by atoms with Gasteiger partial charge in [0.15, 0.2) is 5.82 Å². The number of rotatable bonds is 3. The highest BCUT2D eigenvalue weighted by Gasteiger charge is 2.23. The molecule has 0 amide bonds. The van der Waals surface area contributed by atoms with Crippen LogP contribution in [0.3, 0.4) is 0 Å². The number of aryl methyl sites for hydroxylation is 1. The molecule has 0 radical (unpaired) electrons. The van der Waals surface area contributed by atoms with Crippen LogP contribution in [0.2, 0.25) is 0 Å². The summed E-state index contributed by atoms with van der Waals surface area (Å²) in [5.41, 5.74) is 6.80. The van der Waals surface area contributed by atoms with Gasteiger partial charge in [-0.3, -0.25) is 4.68 Å². The Morgan fingerprint density at radius 1 is 1.44 bits per heavy atom. The summed E-state index contributed by atoms with van der Waals surface area (Å²) in [7, 11) is 1.93. The van der Waals surface area contributed by atoms with E-state index in [1.54, 1.807) is 4.68 Å². The lowest BCUT2D eigenvalue weighted by Crippen LogP contribution is -2.37. The maximum atomic E-state index is 6.00. The molecule has 0 atom stereocenters. The summed E-state index contributed by atoms with van der Waals surface area (Å²) in [6, 6.07) is 0.635. The van der Waals surface area contributed by atoms with Gasteiger partial charge in [-0.1, -0.05) is 19.3 Å². The van der Waals surface area contributed by atoms with Gasteiger partial charge in [-0.05, 0) is 19.8 Å². The van der Waals surface area contributed by atoms with Crippen LogP contribution in [0.1, 0.15) is 39.0 Å². The molecule has 1 heterocycles. The Bertz CT molecular complexity index is 339. The van der Waals surface area contributed by atoms with Crippen molar-refractivity contribution in [3.05, 3.63) is 6.20 Å². The van der Waals surface area contributed by atoms with Gasteiger partial charge in [-0.15, -0.1) is 0 Å². The second-order valence-corrected chi connectivity index (χ2v) is 4.66. The zero-order valence-corrected chi connectivity index (χ0v) is 10.3. The number of nitrogens with zero attached hydrogens (tertiary/aromatic N) is 3.